The highest BCUT2D eigenvalue weighted by molar-refractivity contribution is 7.80. The molecule has 0 spiro atoms. The Morgan fingerprint density at radius 2 is 2.00 bits per heavy atom. The lowest BCUT2D eigenvalue weighted by Crippen LogP contribution is -2.01. The van der Waals surface area contributed by atoms with Crippen LogP contribution in [0, 0.1) is 11.6 Å². The predicted molar refractivity (Wildman–Crippen MR) is 48.7 cm³/mol. The molecule has 70 valence electrons. The van der Waals surface area contributed by atoms with Gasteiger partial charge in [0.25, 0.3) is 0 Å². The number of benzene rings is 1. The predicted octanol–water partition coefficient (Wildman–Crippen LogP) is 3.35. The monoisotopic (exact) mass is 224 g/mol. The van der Waals surface area contributed by atoms with Crippen molar-refractivity contribution in [3.63, 3.8) is 0 Å². The highest BCUT2D eigenvalue weighted by Gasteiger charge is 2.14. The second-order valence-electron chi connectivity index (χ2n) is 2.29. The van der Waals surface area contributed by atoms with Crippen molar-refractivity contribution < 1.29 is 13.2 Å². The van der Waals surface area contributed by atoms with Crippen LogP contribution in [-0.2, 0) is 5.88 Å². The molecule has 0 radical (unpaired) electrons. The lowest BCUT2D eigenvalue weighted by molar-refractivity contribution is 0.501. The first-order valence-electron chi connectivity index (χ1n) is 3.30. The molecule has 0 nitrogen and oxygen atoms in total. The van der Waals surface area contributed by atoms with E-state index in [0.29, 0.717) is 0 Å². The summed E-state index contributed by atoms with van der Waals surface area (Å²) >= 11 is 9.52. The summed E-state index contributed by atoms with van der Waals surface area (Å²) in [7, 11) is 0. The van der Waals surface area contributed by atoms with Gasteiger partial charge >= 0.3 is 0 Å². The van der Waals surface area contributed by atoms with Gasteiger partial charge in [0.15, 0.2) is 16.8 Å². The summed E-state index contributed by atoms with van der Waals surface area (Å²) in [6.07, 6.45) is 0. The molecule has 0 aliphatic carbocycles. The summed E-state index contributed by atoms with van der Waals surface area (Å²) in [4.78, 5) is 0. The maximum atomic E-state index is 12.9. The van der Waals surface area contributed by atoms with E-state index in [1.165, 1.54) is 0 Å². The molecule has 0 heterocycles. The third-order valence-electron chi connectivity index (χ3n) is 1.54. The Hall–Kier alpha value is -0.610. The molecule has 0 atom stereocenters. The van der Waals surface area contributed by atoms with Crippen molar-refractivity contribution in [1.82, 2.24) is 0 Å². The average molecular weight is 225 g/mol. The standard InChI is InChI=1S/C8H4ClF3S/c9-3-5-4(8(12)13)1-2-6(10)7(5)11/h1-2H,3H2. The van der Waals surface area contributed by atoms with Gasteiger partial charge in [0, 0.05) is 11.1 Å². The van der Waals surface area contributed by atoms with Crippen LogP contribution in [0.3, 0.4) is 0 Å². The van der Waals surface area contributed by atoms with E-state index in [1.807, 2.05) is 0 Å². The number of thiocarbonyl (C=S) groups is 1. The maximum Gasteiger partial charge on any atom is 0.193 e. The van der Waals surface area contributed by atoms with Gasteiger partial charge in [-0.05, 0) is 24.4 Å². The summed E-state index contributed by atoms with van der Waals surface area (Å²) in [6.45, 7) is 0. The number of halogens is 4. The van der Waals surface area contributed by atoms with E-state index in [4.69, 9.17) is 11.6 Å². The molecular weight excluding hydrogens is 221 g/mol. The van der Waals surface area contributed by atoms with Gasteiger partial charge in [-0.1, -0.05) is 0 Å². The topological polar surface area (TPSA) is 0 Å². The molecule has 0 saturated heterocycles. The molecule has 1 aromatic rings. The smallest absolute Gasteiger partial charge is 0.193 e. The molecule has 0 amide bonds. The van der Waals surface area contributed by atoms with Gasteiger partial charge in [-0.15, -0.1) is 11.6 Å². The summed E-state index contributed by atoms with van der Waals surface area (Å²) in [5.74, 6) is -2.52. The Balaban J connectivity index is 3.38. The van der Waals surface area contributed by atoms with Crippen LogP contribution in [0.2, 0.25) is 0 Å². The van der Waals surface area contributed by atoms with E-state index in [1.54, 1.807) is 0 Å². The highest BCUT2D eigenvalue weighted by Crippen LogP contribution is 2.20. The van der Waals surface area contributed by atoms with Crippen molar-refractivity contribution in [2.24, 2.45) is 0 Å². The minimum Gasteiger partial charge on any atom is -0.204 e. The van der Waals surface area contributed by atoms with Crippen LogP contribution in [0.25, 0.3) is 0 Å². The van der Waals surface area contributed by atoms with Crippen LogP contribution >= 0.6 is 23.8 Å². The number of hydrogen-bond donors (Lipinski definition) is 0. The van der Waals surface area contributed by atoms with Gasteiger partial charge in [-0.2, -0.15) is 4.39 Å². The average Bonchev–Trinajstić information content (AvgIpc) is 2.09. The molecule has 13 heavy (non-hydrogen) atoms. The zero-order valence-electron chi connectivity index (χ0n) is 6.28. The molecule has 0 unspecified atom stereocenters. The molecule has 1 aromatic carbocycles. The lowest BCUT2D eigenvalue weighted by Gasteiger charge is -2.04. The summed E-state index contributed by atoms with van der Waals surface area (Å²) in [5, 5.41) is -0.991. The fourth-order valence-electron chi connectivity index (χ4n) is 0.907. The van der Waals surface area contributed by atoms with Crippen molar-refractivity contribution in [3.8, 4) is 0 Å². The quantitative estimate of drug-likeness (QED) is 0.422. The van der Waals surface area contributed by atoms with Gasteiger partial charge in [0.1, 0.15) is 0 Å². The molecule has 0 bridgehead atoms. The van der Waals surface area contributed by atoms with Crippen molar-refractivity contribution in [1.29, 1.82) is 0 Å². The van der Waals surface area contributed by atoms with Gasteiger partial charge in [-0.25, -0.2) is 8.78 Å². The van der Waals surface area contributed by atoms with E-state index in [0.717, 1.165) is 12.1 Å². The van der Waals surface area contributed by atoms with Crippen LogP contribution in [0.15, 0.2) is 12.1 Å². The molecule has 0 aliphatic rings. The fraction of sp³-hybridized carbons (Fsp3) is 0.125. The Labute approximate surface area is 83.3 Å². The fourth-order valence-corrected chi connectivity index (χ4v) is 1.36. The van der Waals surface area contributed by atoms with Crippen molar-refractivity contribution in [3.05, 3.63) is 34.9 Å². The molecule has 1 rings (SSSR count). The Morgan fingerprint density at radius 3 is 2.46 bits per heavy atom. The van der Waals surface area contributed by atoms with Crippen LogP contribution in [0.5, 0.6) is 0 Å². The number of hydrogen-bond acceptors (Lipinski definition) is 1. The van der Waals surface area contributed by atoms with Crippen LogP contribution in [0.4, 0.5) is 13.2 Å². The molecule has 0 aromatic heterocycles. The first kappa shape index (κ1) is 10.5. The third kappa shape index (κ3) is 2.00. The summed E-state index contributed by atoms with van der Waals surface area (Å²) in [5.41, 5.74) is -0.405. The minimum absolute atomic E-state index is 0.163. The van der Waals surface area contributed by atoms with E-state index >= 15 is 0 Å². The van der Waals surface area contributed by atoms with Gasteiger partial charge < -0.3 is 0 Å². The van der Waals surface area contributed by atoms with Crippen molar-refractivity contribution in [2.45, 2.75) is 5.88 Å². The van der Waals surface area contributed by atoms with Crippen LogP contribution in [0.1, 0.15) is 11.1 Å². The molecule has 0 saturated carbocycles. The van der Waals surface area contributed by atoms with E-state index in [2.05, 4.69) is 12.2 Å². The SMILES string of the molecule is FC(=S)c1ccc(F)c(F)c1CCl. The van der Waals surface area contributed by atoms with E-state index in [-0.39, 0.29) is 17.0 Å². The highest BCUT2D eigenvalue weighted by atomic mass is 35.5. The zero-order valence-corrected chi connectivity index (χ0v) is 7.85. The Morgan fingerprint density at radius 1 is 1.38 bits per heavy atom. The largest absolute Gasteiger partial charge is 0.204 e. The number of alkyl halides is 1. The lowest BCUT2D eigenvalue weighted by atomic mass is 10.1. The first-order chi connectivity index (χ1) is 6.07. The first-order valence-corrected chi connectivity index (χ1v) is 4.25. The summed E-state index contributed by atoms with van der Waals surface area (Å²) in [6, 6.07) is 1.88. The van der Waals surface area contributed by atoms with E-state index in [9.17, 15) is 13.2 Å². The van der Waals surface area contributed by atoms with Crippen LogP contribution < -0.4 is 0 Å². The Bertz CT molecular complexity index is 351. The summed E-state index contributed by atoms with van der Waals surface area (Å²) < 4.78 is 38.1. The molecule has 0 aliphatic heterocycles. The van der Waals surface area contributed by atoms with E-state index < -0.39 is 16.8 Å². The second kappa shape index (κ2) is 4.07. The Kier molecular flexibility index (Phi) is 3.27. The molecule has 0 fully saturated rings. The van der Waals surface area contributed by atoms with Crippen molar-refractivity contribution >= 4 is 28.9 Å². The second-order valence-corrected chi connectivity index (χ2v) is 2.92. The minimum atomic E-state index is -1.15. The van der Waals surface area contributed by atoms with Gasteiger partial charge in [0.05, 0.1) is 5.88 Å². The van der Waals surface area contributed by atoms with Gasteiger partial charge in [0.2, 0.25) is 0 Å². The molecule has 5 heteroatoms. The molecule has 0 N–H and O–H groups in total. The number of rotatable bonds is 2. The maximum absolute atomic E-state index is 12.9. The van der Waals surface area contributed by atoms with Crippen LogP contribution in [-0.4, -0.2) is 5.12 Å². The van der Waals surface area contributed by atoms with Gasteiger partial charge in [-0.3, -0.25) is 0 Å². The van der Waals surface area contributed by atoms with Crippen molar-refractivity contribution in [2.75, 3.05) is 0 Å². The third-order valence-corrected chi connectivity index (χ3v) is 2.03. The zero-order chi connectivity index (χ0) is 10.0. The normalized spacial score (nSPS) is 10.2. The molecular formula is C8H4ClF3S.